The molecule has 0 unspecified atom stereocenters. The topological polar surface area (TPSA) is 55.8 Å². The number of rotatable bonds is 8. The Morgan fingerprint density at radius 2 is 1.26 bits per heavy atom. The molecule has 0 aliphatic rings. The van der Waals surface area contributed by atoms with Crippen LogP contribution < -0.4 is 0 Å². The van der Waals surface area contributed by atoms with Crippen LogP contribution in [-0.4, -0.2) is 31.1 Å². The number of carbonyl (C=O) groups excluding carboxylic acids is 2. The third-order valence-electron chi connectivity index (χ3n) is 5.18. The minimum atomic E-state index is -0.481. The number of hydrogen-bond acceptors (Lipinski definition) is 5. The lowest BCUT2D eigenvalue weighted by Crippen LogP contribution is -2.25. The van der Waals surface area contributed by atoms with E-state index < -0.39 is 11.9 Å². The molecule has 3 rings (SSSR count). The van der Waals surface area contributed by atoms with Gasteiger partial charge in [0, 0.05) is 19.6 Å². The number of benzene rings is 3. The normalized spacial score (nSPS) is 10.7. The summed E-state index contributed by atoms with van der Waals surface area (Å²) < 4.78 is 9.85. The van der Waals surface area contributed by atoms with Gasteiger partial charge in [-0.25, -0.2) is 9.59 Å². The minimum Gasteiger partial charge on any atom is -0.465 e. The van der Waals surface area contributed by atoms with Gasteiger partial charge in [0.15, 0.2) is 0 Å². The van der Waals surface area contributed by atoms with Crippen LogP contribution in [0.5, 0.6) is 0 Å². The van der Waals surface area contributed by atoms with Crippen LogP contribution in [0.4, 0.5) is 0 Å². The SMILES string of the molecule is COC(=O)c1cc(C)c(CN(Cc2ccccc2)Cc2ccccc2)c(C(=O)OC)c1. The van der Waals surface area contributed by atoms with Gasteiger partial charge in [-0.3, -0.25) is 4.90 Å². The molecule has 0 atom stereocenters. The van der Waals surface area contributed by atoms with Gasteiger partial charge in [-0.05, 0) is 41.3 Å². The number of carbonyl (C=O) groups is 2. The highest BCUT2D eigenvalue weighted by Crippen LogP contribution is 2.23. The molecule has 0 N–H and O–H groups in total. The fraction of sp³-hybridized carbons (Fsp3) is 0.231. The van der Waals surface area contributed by atoms with E-state index in [9.17, 15) is 9.59 Å². The zero-order valence-corrected chi connectivity index (χ0v) is 18.1. The third-order valence-corrected chi connectivity index (χ3v) is 5.18. The summed E-state index contributed by atoms with van der Waals surface area (Å²) >= 11 is 0. The van der Waals surface area contributed by atoms with Gasteiger partial charge >= 0.3 is 11.9 Å². The first-order chi connectivity index (χ1) is 15.0. The maximum atomic E-state index is 12.6. The average molecular weight is 418 g/mol. The first-order valence-corrected chi connectivity index (χ1v) is 10.1. The predicted molar refractivity (Wildman–Crippen MR) is 120 cm³/mol. The van der Waals surface area contributed by atoms with Crippen LogP contribution in [0.1, 0.15) is 43.0 Å². The van der Waals surface area contributed by atoms with E-state index in [-0.39, 0.29) is 0 Å². The van der Waals surface area contributed by atoms with E-state index in [1.807, 2.05) is 43.3 Å². The zero-order valence-electron chi connectivity index (χ0n) is 18.1. The Bertz CT molecular complexity index is 991. The molecule has 0 aromatic heterocycles. The van der Waals surface area contributed by atoms with Crippen molar-refractivity contribution in [2.24, 2.45) is 0 Å². The number of esters is 2. The van der Waals surface area contributed by atoms with E-state index in [0.717, 1.165) is 11.1 Å². The molecule has 0 heterocycles. The summed E-state index contributed by atoms with van der Waals surface area (Å²) in [7, 11) is 2.67. The highest BCUT2D eigenvalue weighted by atomic mass is 16.5. The van der Waals surface area contributed by atoms with Crippen molar-refractivity contribution in [2.75, 3.05) is 14.2 Å². The smallest absolute Gasteiger partial charge is 0.338 e. The Labute approximate surface area is 183 Å². The maximum Gasteiger partial charge on any atom is 0.338 e. The lowest BCUT2D eigenvalue weighted by molar-refractivity contribution is 0.0597. The van der Waals surface area contributed by atoms with Crippen LogP contribution >= 0.6 is 0 Å². The van der Waals surface area contributed by atoms with Crippen molar-refractivity contribution in [3.05, 3.63) is 106 Å². The molecular formula is C26H27NO4. The molecule has 5 heteroatoms. The molecule has 0 aliphatic carbocycles. The second-order valence-corrected chi connectivity index (χ2v) is 7.42. The molecule has 0 radical (unpaired) electrons. The summed E-state index contributed by atoms with van der Waals surface area (Å²) in [5.41, 5.74) is 4.76. The van der Waals surface area contributed by atoms with Crippen molar-refractivity contribution >= 4 is 11.9 Å². The molecule has 3 aromatic rings. The summed E-state index contributed by atoms with van der Waals surface area (Å²) in [4.78, 5) is 26.9. The van der Waals surface area contributed by atoms with E-state index in [0.29, 0.717) is 30.8 Å². The van der Waals surface area contributed by atoms with Gasteiger partial charge in [0.25, 0.3) is 0 Å². The van der Waals surface area contributed by atoms with Gasteiger partial charge in [-0.15, -0.1) is 0 Å². The van der Waals surface area contributed by atoms with Crippen LogP contribution in [-0.2, 0) is 29.1 Å². The molecule has 31 heavy (non-hydrogen) atoms. The molecule has 3 aromatic carbocycles. The fourth-order valence-corrected chi connectivity index (χ4v) is 3.63. The molecule has 0 amide bonds. The van der Waals surface area contributed by atoms with E-state index >= 15 is 0 Å². The van der Waals surface area contributed by atoms with E-state index in [4.69, 9.17) is 9.47 Å². The summed E-state index contributed by atoms with van der Waals surface area (Å²) in [6.45, 7) is 3.86. The highest BCUT2D eigenvalue weighted by Gasteiger charge is 2.21. The largest absolute Gasteiger partial charge is 0.465 e. The molecule has 0 aliphatic heterocycles. The molecule has 0 saturated carbocycles. The third kappa shape index (κ3) is 5.80. The summed E-state index contributed by atoms with van der Waals surface area (Å²) in [6.07, 6.45) is 0. The predicted octanol–water partition coefficient (Wildman–Crippen LogP) is 4.77. The Morgan fingerprint density at radius 3 is 1.74 bits per heavy atom. The van der Waals surface area contributed by atoms with Gasteiger partial charge in [0.1, 0.15) is 0 Å². The number of ether oxygens (including phenoxy) is 2. The van der Waals surface area contributed by atoms with Gasteiger partial charge in [0.05, 0.1) is 25.3 Å². The molecule has 0 fully saturated rings. The Hall–Kier alpha value is -3.44. The standard InChI is InChI=1S/C26H27NO4/c1-19-14-22(25(28)30-2)15-23(26(29)31-3)24(19)18-27(16-20-10-6-4-7-11-20)17-21-12-8-5-9-13-21/h4-15H,16-18H2,1-3H3. The van der Waals surface area contributed by atoms with Crippen LogP contribution in [0.3, 0.4) is 0 Å². The highest BCUT2D eigenvalue weighted by molar-refractivity contribution is 5.96. The second kappa shape index (κ2) is 10.5. The molecule has 0 saturated heterocycles. The van der Waals surface area contributed by atoms with Crippen LogP contribution in [0, 0.1) is 6.92 Å². The van der Waals surface area contributed by atoms with Crippen LogP contribution in [0.25, 0.3) is 0 Å². The van der Waals surface area contributed by atoms with Crippen molar-refractivity contribution < 1.29 is 19.1 Å². The number of nitrogens with zero attached hydrogens (tertiary/aromatic N) is 1. The molecule has 5 nitrogen and oxygen atoms in total. The van der Waals surface area contributed by atoms with Gasteiger partial charge in [-0.1, -0.05) is 60.7 Å². The van der Waals surface area contributed by atoms with Gasteiger partial charge in [0.2, 0.25) is 0 Å². The van der Waals surface area contributed by atoms with Crippen LogP contribution in [0.15, 0.2) is 72.8 Å². The van der Waals surface area contributed by atoms with E-state index in [1.54, 1.807) is 12.1 Å². The minimum absolute atomic E-state index is 0.335. The number of hydrogen-bond donors (Lipinski definition) is 0. The van der Waals surface area contributed by atoms with Crippen molar-refractivity contribution in [1.29, 1.82) is 0 Å². The van der Waals surface area contributed by atoms with E-state index in [1.165, 1.54) is 25.3 Å². The fourth-order valence-electron chi connectivity index (χ4n) is 3.63. The zero-order chi connectivity index (χ0) is 22.2. The van der Waals surface area contributed by atoms with Crippen molar-refractivity contribution in [3.63, 3.8) is 0 Å². The lowest BCUT2D eigenvalue weighted by atomic mass is 9.97. The van der Waals surface area contributed by atoms with Crippen LogP contribution in [0.2, 0.25) is 0 Å². The maximum absolute atomic E-state index is 12.6. The first kappa shape index (κ1) is 22.2. The average Bonchev–Trinajstić information content (AvgIpc) is 2.80. The molecular weight excluding hydrogens is 390 g/mol. The molecule has 160 valence electrons. The van der Waals surface area contributed by atoms with Crippen molar-refractivity contribution in [2.45, 2.75) is 26.6 Å². The number of aryl methyl sites for hydroxylation is 1. The molecule has 0 spiro atoms. The quantitative estimate of drug-likeness (QED) is 0.494. The Morgan fingerprint density at radius 1 is 0.742 bits per heavy atom. The van der Waals surface area contributed by atoms with Crippen molar-refractivity contribution in [3.8, 4) is 0 Å². The Kier molecular flexibility index (Phi) is 7.57. The van der Waals surface area contributed by atoms with Gasteiger partial charge < -0.3 is 9.47 Å². The van der Waals surface area contributed by atoms with E-state index in [2.05, 4.69) is 29.2 Å². The monoisotopic (exact) mass is 417 g/mol. The lowest BCUT2D eigenvalue weighted by Gasteiger charge is -2.25. The molecule has 0 bridgehead atoms. The number of methoxy groups -OCH3 is 2. The van der Waals surface area contributed by atoms with Gasteiger partial charge in [-0.2, -0.15) is 0 Å². The summed E-state index contributed by atoms with van der Waals surface area (Å²) in [6, 6.07) is 23.8. The summed E-state index contributed by atoms with van der Waals surface area (Å²) in [5.74, 6) is -0.951. The summed E-state index contributed by atoms with van der Waals surface area (Å²) in [5, 5.41) is 0. The second-order valence-electron chi connectivity index (χ2n) is 7.42. The van der Waals surface area contributed by atoms with Crippen molar-refractivity contribution in [1.82, 2.24) is 4.90 Å². The first-order valence-electron chi connectivity index (χ1n) is 10.1. The Balaban J connectivity index is 1.98.